The van der Waals surface area contributed by atoms with Gasteiger partial charge >= 0.3 is 12.3 Å². The van der Waals surface area contributed by atoms with Gasteiger partial charge in [0, 0.05) is 76.1 Å². The van der Waals surface area contributed by atoms with Gasteiger partial charge in [-0.05, 0) is 67.4 Å². The Bertz CT molecular complexity index is 1360. The lowest BCUT2D eigenvalue weighted by Gasteiger charge is -2.39. The fraction of sp³-hybridized carbons (Fsp3) is 0.455. The van der Waals surface area contributed by atoms with Crippen molar-refractivity contribution in [3.05, 3.63) is 72.4 Å². The molecule has 11 heteroatoms. The van der Waals surface area contributed by atoms with Crippen molar-refractivity contribution < 1.29 is 32.2 Å². The second-order valence-electron chi connectivity index (χ2n) is 11.6. The van der Waals surface area contributed by atoms with E-state index < -0.39 is 17.8 Å². The molecular formula is C33H37F3N4O4. The Labute approximate surface area is 255 Å². The van der Waals surface area contributed by atoms with Gasteiger partial charge in [0.1, 0.15) is 23.4 Å². The molecule has 1 aliphatic carbocycles. The summed E-state index contributed by atoms with van der Waals surface area (Å²) in [6.45, 7) is 5.43. The molecule has 0 spiro atoms. The van der Waals surface area contributed by atoms with Gasteiger partial charge in [0.25, 0.3) is 0 Å². The van der Waals surface area contributed by atoms with Gasteiger partial charge in [-0.1, -0.05) is 12.8 Å². The lowest BCUT2D eigenvalue weighted by Crippen LogP contribution is -2.49. The fourth-order valence-electron chi connectivity index (χ4n) is 6.17. The fourth-order valence-corrected chi connectivity index (χ4v) is 6.17. The van der Waals surface area contributed by atoms with E-state index in [0.717, 1.165) is 56.3 Å². The van der Waals surface area contributed by atoms with Crippen LogP contribution in [-0.4, -0.2) is 72.3 Å². The number of pyridine rings is 1. The number of ether oxygens (including phenoxy) is 3. The number of likely N-dealkylation sites (tertiary alicyclic amines) is 1. The average Bonchev–Trinajstić information content (AvgIpc) is 3.58. The first kappa shape index (κ1) is 30.1. The van der Waals surface area contributed by atoms with Gasteiger partial charge in [-0.3, -0.25) is 4.90 Å². The van der Waals surface area contributed by atoms with E-state index >= 15 is 0 Å². The third-order valence-corrected chi connectivity index (χ3v) is 8.68. The summed E-state index contributed by atoms with van der Waals surface area (Å²) < 4.78 is 55.4. The molecule has 0 unspecified atom stereocenters. The van der Waals surface area contributed by atoms with E-state index in [4.69, 9.17) is 14.2 Å². The minimum atomic E-state index is -4.46. The Morgan fingerprint density at radius 2 is 1.39 bits per heavy atom. The standard InChI is InChI=1S/C33H37F3N4O4/c34-33(35,36)24-5-14-31(37-23-24)43-28-10-12-29(13-11-28)44-32(41)40-17-15-30(16-18-40)42-27-8-6-26(7-9-27)39-21-19-38(20-22-39)25-3-1-2-4-25/h5-14,23,25,30H,1-4,15-22H2. The van der Waals surface area contributed by atoms with Crippen LogP contribution in [0.2, 0.25) is 0 Å². The molecule has 3 fully saturated rings. The van der Waals surface area contributed by atoms with Crippen molar-refractivity contribution in [2.45, 2.75) is 56.8 Å². The van der Waals surface area contributed by atoms with Crippen molar-refractivity contribution in [2.75, 3.05) is 44.2 Å². The molecule has 2 aliphatic heterocycles. The van der Waals surface area contributed by atoms with E-state index in [1.807, 2.05) is 12.1 Å². The second-order valence-corrected chi connectivity index (χ2v) is 11.6. The van der Waals surface area contributed by atoms with E-state index in [1.165, 1.54) is 31.4 Å². The van der Waals surface area contributed by atoms with E-state index in [-0.39, 0.29) is 12.0 Å². The third kappa shape index (κ3) is 7.56. The zero-order valence-corrected chi connectivity index (χ0v) is 24.5. The predicted octanol–water partition coefficient (Wildman–Crippen LogP) is 7.00. The SMILES string of the molecule is O=C(Oc1ccc(Oc2ccc(C(F)(F)F)cn2)cc1)N1CCC(Oc2ccc(N3CCN(C4CCCC4)CC3)cc2)CC1. The summed E-state index contributed by atoms with van der Waals surface area (Å²) >= 11 is 0. The number of benzene rings is 2. The molecule has 2 aromatic carbocycles. The Hall–Kier alpha value is -3.99. The van der Waals surface area contributed by atoms with Crippen molar-refractivity contribution in [2.24, 2.45) is 0 Å². The Kier molecular flexibility index (Phi) is 9.11. The maximum atomic E-state index is 12.7. The maximum absolute atomic E-state index is 12.7. The van der Waals surface area contributed by atoms with Crippen LogP contribution in [0, 0.1) is 0 Å². The summed E-state index contributed by atoms with van der Waals surface area (Å²) in [4.78, 5) is 23.2. The van der Waals surface area contributed by atoms with Crippen LogP contribution in [0.3, 0.4) is 0 Å². The van der Waals surface area contributed by atoms with Gasteiger partial charge in [0.2, 0.25) is 5.88 Å². The summed E-state index contributed by atoms with van der Waals surface area (Å²) in [5.41, 5.74) is 0.382. The first-order valence-electron chi connectivity index (χ1n) is 15.3. The smallest absolute Gasteiger partial charge is 0.417 e. The molecule has 3 aromatic rings. The Balaban J connectivity index is 0.917. The van der Waals surface area contributed by atoms with Crippen LogP contribution in [0.25, 0.3) is 0 Å². The van der Waals surface area contributed by atoms with Crippen LogP contribution < -0.4 is 19.1 Å². The lowest BCUT2D eigenvalue weighted by atomic mass is 10.1. The molecule has 234 valence electrons. The van der Waals surface area contributed by atoms with E-state index in [0.29, 0.717) is 37.4 Å². The number of amides is 1. The molecule has 6 rings (SSSR count). The van der Waals surface area contributed by atoms with Gasteiger partial charge < -0.3 is 24.0 Å². The number of aromatic nitrogens is 1. The van der Waals surface area contributed by atoms with Gasteiger partial charge in [-0.2, -0.15) is 13.2 Å². The molecule has 0 atom stereocenters. The van der Waals surface area contributed by atoms with E-state index in [2.05, 4.69) is 26.9 Å². The number of piperazine rings is 1. The molecule has 1 saturated carbocycles. The van der Waals surface area contributed by atoms with E-state index in [9.17, 15) is 18.0 Å². The largest absolute Gasteiger partial charge is 0.490 e. The molecule has 3 aliphatic rings. The minimum Gasteiger partial charge on any atom is -0.490 e. The third-order valence-electron chi connectivity index (χ3n) is 8.68. The number of carbonyl (C=O) groups is 1. The molecule has 1 amide bonds. The highest BCUT2D eigenvalue weighted by Gasteiger charge is 2.31. The maximum Gasteiger partial charge on any atom is 0.417 e. The molecule has 0 bridgehead atoms. The molecule has 2 saturated heterocycles. The van der Waals surface area contributed by atoms with Crippen LogP contribution in [0.1, 0.15) is 44.1 Å². The second kappa shape index (κ2) is 13.3. The van der Waals surface area contributed by atoms with Crippen molar-refractivity contribution >= 4 is 11.8 Å². The van der Waals surface area contributed by atoms with Crippen LogP contribution in [0.4, 0.5) is 23.7 Å². The van der Waals surface area contributed by atoms with Crippen molar-refractivity contribution in [1.29, 1.82) is 0 Å². The molecule has 0 radical (unpaired) electrons. The molecular weight excluding hydrogens is 573 g/mol. The normalized spacial score (nSPS) is 18.8. The molecule has 0 N–H and O–H groups in total. The van der Waals surface area contributed by atoms with Gasteiger partial charge in [-0.15, -0.1) is 0 Å². The highest BCUT2D eigenvalue weighted by atomic mass is 19.4. The van der Waals surface area contributed by atoms with Crippen LogP contribution >= 0.6 is 0 Å². The van der Waals surface area contributed by atoms with Crippen LogP contribution in [0.5, 0.6) is 23.1 Å². The number of anilines is 1. The quantitative estimate of drug-likeness (QED) is 0.285. The number of alkyl halides is 3. The van der Waals surface area contributed by atoms with Gasteiger partial charge in [0.15, 0.2) is 0 Å². The first-order chi connectivity index (χ1) is 21.3. The highest BCUT2D eigenvalue weighted by molar-refractivity contribution is 5.70. The molecule has 3 heterocycles. The lowest BCUT2D eigenvalue weighted by molar-refractivity contribution is -0.137. The van der Waals surface area contributed by atoms with Gasteiger partial charge in [-0.25, -0.2) is 9.78 Å². The first-order valence-corrected chi connectivity index (χ1v) is 15.3. The van der Waals surface area contributed by atoms with Gasteiger partial charge in [0.05, 0.1) is 5.56 Å². The zero-order valence-electron chi connectivity index (χ0n) is 24.5. The topological polar surface area (TPSA) is 67.4 Å². The van der Waals surface area contributed by atoms with Crippen LogP contribution in [0.15, 0.2) is 66.9 Å². The summed E-state index contributed by atoms with van der Waals surface area (Å²) in [7, 11) is 0. The summed E-state index contributed by atoms with van der Waals surface area (Å²) in [5.74, 6) is 1.55. The number of hydrogen-bond donors (Lipinski definition) is 0. The number of halogens is 3. The summed E-state index contributed by atoms with van der Waals surface area (Å²) in [6.07, 6.45) is 2.69. The monoisotopic (exact) mass is 610 g/mol. The zero-order chi connectivity index (χ0) is 30.5. The number of rotatable bonds is 7. The van der Waals surface area contributed by atoms with E-state index in [1.54, 1.807) is 29.2 Å². The number of nitrogens with zero attached hydrogens (tertiary/aromatic N) is 4. The van der Waals surface area contributed by atoms with Crippen molar-refractivity contribution in [3.63, 3.8) is 0 Å². The van der Waals surface area contributed by atoms with Crippen LogP contribution in [-0.2, 0) is 6.18 Å². The molecule has 1 aromatic heterocycles. The number of hydrogen-bond acceptors (Lipinski definition) is 7. The summed E-state index contributed by atoms with van der Waals surface area (Å²) in [5, 5.41) is 0. The Morgan fingerprint density at radius 3 is 2.00 bits per heavy atom. The molecule has 44 heavy (non-hydrogen) atoms. The number of carbonyl (C=O) groups excluding carboxylic acids is 1. The highest BCUT2D eigenvalue weighted by Crippen LogP contribution is 2.31. The molecule has 8 nitrogen and oxygen atoms in total. The Morgan fingerprint density at radius 1 is 0.750 bits per heavy atom. The average molecular weight is 611 g/mol. The van der Waals surface area contributed by atoms with Crippen molar-refractivity contribution in [3.8, 4) is 23.1 Å². The van der Waals surface area contributed by atoms with Crippen molar-refractivity contribution in [1.82, 2.24) is 14.8 Å². The summed E-state index contributed by atoms with van der Waals surface area (Å²) in [6, 6.07) is 17.5. The minimum absolute atomic E-state index is 0.0232. The number of piperidine rings is 1. The predicted molar refractivity (Wildman–Crippen MR) is 159 cm³/mol.